The second-order valence-electron chi connectivity index (χ2n) is 8.84. The lowest BCUT2D eigenvalue weighted by molar-refractivity contribution is 0.151. The summed E-state index contributed by atoms with van der Waals surface area (Å²) in [5, 5.41) is 8.81. The molecule has 0 spiro atoms. The average molecular weight is 487 g/mol. The number of fused-ring (bicyclic) bond motifs is 1. The first-order chi connectivity index (χ1) is 17.6. The second-order valence-corrected chi connectivity index (χ2v) is 8.84. The Hall–Kier alpha value is -3.98. The van der Waals surface area contributed by atoms with E-state index in [9.17, 15) is 4.79 Å². The van der Waals surface area contributed by atoms with Gasteiger partial charge in [0, 0.05) is 55.5 Å². The van der Waals surface area contributed by atoms with E-state index in [0.29, 0.717) is 35.8 Å². The van der Waals surface area contributed by atoms with Crippen LogP contribution in [0.15, 0.2) is 55.0 Å². The fourth-order valence-corrected chi connectivity index (χ4v) is 4.51. The van der Waals surface area contributed by atoms with Gasteiger partial charge in [0.1, 0.15) is 12.0 Å². The van der Waals surface area contributed by atoms with E-state index in [0.717, 1.165) is 54.6 Å². The Morgan fingerprint density at radius 1 is 0.972 bits per heavy atom. The van der Waals surface area contributed by atoms with Crippen LogP contribution in [-0.4, -0.2) is 64.0 Å². The van der Waals surface area contributed by atoms with Crippen LogP contribution in [0.5, 0.6) is 11.5 Å². The molecule has 0 radical (unpaired) electrons. The highest BCUT2D eigenvalue weighted by molar-refractivity contribution is 5.97. The summed E-state index contributed by atoms with van der Waals surface area (Å²) < 4.78 is 13.2. The van der Waals surface area contributed by atoms with Gasteiger partial charge in [-0.3, -0.25) is 4.68 Å². The number of benzene rings is 2. The largest absolute Gasteiger partial charge is 0.493 e. The minimum Gasteiger partial charge on any atom is -0.493 e. The maximum absolute atomic E-state index is 13.1. The fraction of sp³-hybridized carbons (Fsp3) is 0.333. The van der Waals surface area contributed by atoms with Crippen LogP contribution >= 0.6 is 0 Å². The van der Waals surface area contributed by atoms with Gasteiger partial charge in [0.05, 0.1) is 18.3 Å². The molecule has 4 aromatic rings. The van der Waals surface area contributed by atoms with Crippen LogP contribution in [0.4, 0.5) is 4.79 Å². The number of rotatable bonds is 4. The number of aromatic nitrogens is 4. The molecule has 0 saturated carbocycles. The maximum Gasteiger partial charge on any atom is 0.415 e. The average Bonchev–Trinajstić information content (AvgIpc) is 3.35. The number of carbonyl (C=O) groups excluding carboxylic acids is 1. The summed E-state index contributed by atoms with van der Waals surface area (Å²) in [6, 6.07) is 13.5. The van der Waals surface area contributed by atoms with Gasteiger partial charge in [0.2, 0.25) is 0 Å². The number of amides is 1. The number of nitrogens with zero attached hydrogens (tertiary/aromatic N) is 5. The Bertz CT molecular complexity index is 1340. The number of hydrogen-bond donors (Lipinski definition) is 1. The van der Waals surface area contributed by atoms with Crippen LogP contribution in [-0.2, 0) is 7.05 Å². The number of aryl methyl sites for hydroxylation is 1. The Kier molecular flexibility index (Phi) is 7.08. The molecule has 2 aromatic carbocycles. The van der Waals surface area contributed by atoms with Crippen molar-refractivity contribution < 1.29 is 14.3 Å². The van der Waals surface area contributed by atoms with E-state index in [1.165, 1.54) is 6.33 Å². The zero-order chi connectivity index (χ0) is 24.9. The molecule has 0 bridgehead atoms. The van der Waals surface area contributed by atoms with Crippen molar-refractivity contribution in [3.63, 3.8) is 0 Å². The molecule has 1 saturated heterocycles. The van der Waals surface area contributed by atoms with Crippen LogP contribution in [0, 0.1) is 0 Å². The van der Waals surface area contributed by atoms with Crippen molar-refractivity contribution in [3.8, 4) is 34.0 Å². The summed E-state index contributed by atoms with van der Waals surface area (Å²) in [5.74, 6) is 0.779. The van der Waals surface area contributed by atoms with Crippen molar-refractivity contribution >= 4 is 17.0 Å². The quantitative estimate of drug-likeness (QED) is 0.460. The lowest BCUT2D eigenvalue weighted by atomic mass is 10.0. The maximum atomic E-state index is 13.1. The monoisotopic (exact) mass is 486 g/mol. The second kappa shape index (κ2) is 10.7. The zero-order valence-electron chi connectivity index (χ0n) is 20.6. The molecule has 2 aromatic heterocycles. The zero-order valence-corrected chi connectivity index (χ0v) is 20.6. The van der Waals surface area contributed by atoms with Crippen LogP contribution in [0.2, 0.25) is 0 Å². The van der Waals surface area contributed by atoms with E-state index in [-0.39, 0.29) is 6.09 Å². The summed E-state index contributed by atoms with van der Waals surface area (Å²) in [6.45, 7) is 2.98. The predicted octanol–water partition coefficient (Wildman–Crippen LogP) is 4.28. The third-order valence-corrected chi connectivity index (χ3v) is 6.35. The van der Waals surface area contributed by atoms with E-state index in [1.54, 1.807) is 28.8 Å². The van der Waals surface area contributed by atoms with Crippen LogP contribution in [0.1, 0.15) is 19.3 Å². The Morgan fingerprint density at radius 2 is 1.83 bits per heavy atom. The molecular formula is C27H30N6O3. The molecule has 3 heterocycles. The molecule has 9 nitrogen and oxygen atoms in total. The number of ether oxygens (including phenoxy) is 2. The predicted molar refractivity (Wildman–Crippen MR) is 138 cm³/mol. The van der Waals surface area contributed by atoms with Gasteiger partial charge in [-0.05, 0) is 25.5 Å². The van der Waals surface area contributed by atoms with Crippen LogP contribution in [0.3, 0.4) is 0 Å². The molecule has 1 N–H and O–H groups in total. The Morgan fingerprint density at radius 3 is 2.67 bits per heavy atom. The third kappa shape index (κ3) is 5.01. The van der Waals surface area contributed by atoms with E-state index in [2.05, 4.69) is 20.4 Å². The third-order valence-electron chi connectivity index (χ3n) is 6.35. The molecule has 0 atom stereocenters. The van der Waals surface area contributed by atoms with Gasteiger partial charge < -0.3 is 19.7 Å². The van der Waals surface area contributed by atoms with E-state index in [4.69, 9.17) is 9.47 Å². The SMILES string of the molecule is COc1cc2ncnc(-c3cn(C)nc3-c3ccccc3)c2cc1OC(=O)N1CCCCCNCC1. The molecule has 9 heteroatoms. The van der Waals surface area contributed by atoms with Crippen molar-refractivity contribution in [1.82, 2.24) is 30.0 Å². The van der Waals surface area contributed by atoms with Gasteiger partial charge in [-0.2, -0.15) is 5.10 Å². The molecule has 1 aliphatic heterocycles. The summed E-state index contributed by atoms with van der Waals surface area (Å²) in [6.07, 6.45) is 6.22. The molecule has 1 amide bonds. The fourth-order valence-electron chi connectivity index (χ4n) is 4.51. The van der Waals surface area contributed by atoms with Gasteiger partial charge in [-0.15, -0.1) is 0 Å². The lowest BCUT2D eigenvalue weighted by Gasteiger charge is -2.22. The summed E-state index contributed by atoms with van der Waals surface area (Å²) in [4.78, 5) is 23.9. The standard InChI is InChI=1S/C27H30N6O3/c1-32-17-21(25(31-32)19-9-5-3-6-10-19)26-20-15-24(23(35-2)16-22(20)29-18-30-26)36-27(34)33-13-8-4-7-11-28-12-14-33/h3,5-6,9-10,15-18,28H,4,7-8,11-14H2,1-2H3. The summed E-state index contributed by atoms with van der Waals surface area (Å²) in [7, 11) is 3.44. The highest BCUT2D eigenvalue weighted by atomic mass is 16.6. The Labute approximate surface area is 210 Å². The van der Waals surface area contributed by atoms with Crippen molar-refractivity contribution in [2.45, 2.75) is 19.3 Å². The smallest absolute Gasteiger partial charge is 0.415 e. The molecule has 186 valence electrons. The summed E-state index contributed by atoms with van der Waals surface area (Å²) >= 11 is 0. The molecule has 36 heavy (non-hydrogen) atoms. The molecule has 5 rings (SSSR count). The normalized spacial score (nSPS) is 14.7. The van der Waals surface area contributed by atoms with Crippen molar-refractivity contribution in [1.29, 1.82) is 0 Å². The highest BCUT2D eigenvalue weighted by Gasteiger charge is 2.22. The highest BCUT2D eigenvalue weighted by Crippen LogP contribution is 2.38. The van der Waals surface area contributed by atoms with Gasteiger partial charge in [0.25, 0.3) is 0 Å². The molecule has 1 fully saturated rings. The first kappa shape index (κ1) is 23.7. The number of methoxy groups -OCH3 is 1. The minimum absolute atomic E-state index is 0.337. The number of nitrogens with one attached hydrogen (secondary N) is 1. The number of hydrogen-bond acceptors (Lipinski definition) is 7. The first-order valence-electron chi connectivity index (χ1n) is 12.2. The summed E-state index contributed by atoms with van der Waals surface area (Å²) in [5.41, 5.74) is 4.06. The Balaban J connectivity index is 1.54. The van der Waals surface area contributed by atoms with Gasteiger partial charge in [0.15, 0.2) is 11.5 Å². The van der Waals surface area contributed by atoms with E-state index >= 15 is 0 Å². The van der Waals surface area contributed by atoms with Gasteiger partial charge >= 0.3 is 6.09 Å². The molecule has 0 aliphatic carbocycles. The lowest BCUT2D eigenvalue weighted by Crippen LogP contribution is -2.38. The minimum atomic E-state index is -0.388. The number of carbonyl (C=O) groups is 1. The molecule has 0 unspecified atom stereocenters. The molecule has 1 aliphatic rings. The van der Waals surface area contributed by atoms with Crippen molar-refractivity contribution in [2.24, 2.45) is 7.05 Å². The van der Waals surface area contributed by atoms with E-state index in [1.807, 2.05) is 43.6 Å². The van der Waals surface area contributed by atoms with Crippen molar-refractivity contribution in [3.05, 3.63) is 55.0 Å². The van der Waals surface area contributed by atoms with Crippen molar-refractivity contribution in [2.75, 3.05) is 33.3 Å². The van der Waals surface area contributed by atoms with E-state index < -0.39 is 0 Å². The first-order valence-corrected chi connectivity index (χ1v) is 12.2. The van der Waals surface area contributed by atoms with Gasteiger partial charge in [-0.1, -0.05) is 36.8 Å². The van der Waals surface area contributed by atoms with Gasteiger partial charge in [-0.25, -0.2) is 14.8 Å². The van der Waals surface area contributed by atoms with Crippen LogP contribution < -0.4 is 14.8 Å². The molecular weight excluding hydrogens is 456 g/mol. The topological polar surface area (TPSA) is 94.4 Å². The van der Waals surface area contributed by atoms with Crippen LogP contribution in [0.25, 0.3) is 33.4 Å².